The Bertz CT molecular complexity index is 569. The number of rotatable bonds is 5. The largest absolute Gasteiger partial charge is 0.369 e. The topological polar surface area (TPSA) is 38.8 Å². The Morgan fingerprint density at radius 3 is 2.72 bits per heavy atom. The number of likely N-dealkylation sites (tertiary alicyclic amines) is 1. The smallest absolute Gasteiger partial charge is 0.223 e. The third-order valence-electron chi connectivity index (χ3n) is 5.56. The fourth-order valence-corrected chi connectivity index (χ4v) is 3.91. The quantitative estimate of drug-likeness (QED) is 0.883. The van der Waals surface area contributed by atoms with Gasteiger partial charge in [-0.3, -0.25) is 9.69 Å². The SMILES string of the molecule is CNC1CCCN(C(=O)CCN2CCN(c3cccc(C)c3)CC2)C1. The van der Waals surface area contributed by atoms with Gasteiger partial charge in [-0.25, -0.2) is 0 Å². The molecule has 0 radical (unpaired) electrons. The Kier molecular flexibility index (Phi) is 6.32. The number of piperazine rings is 1. The van der Waals surface area contributed by atoms with E-state index >= 15 is 0 Å². The first-order chi connectivity index (χ1) is 12.2. The minimum atomic E-state index is 0.320. The van der Waals surface area contributed by atoms with Crippen LogP contribution in [0.2, 0.25) is 0 Å². The Hall–Kier alpha value is -1.59. The second kappa shape index (κ2) is 8.68. The van der Waals surface area contributed by atoms with Crippen LogP contribution in [0.3, 0.4) is 0 Å². The first kappa shape index (κ1) is 18.2. The molecule has 0 spiro atoms. The molecule has 0 saturated carbocycles. The Balaban J connectivity index is 1.41. The number of aryl methyl sites for hydroxylation is 1. The number of nitrogens with one attached hydrogen (secondary N) is 1. The van der Waals surface area contributed by atoms with Crippen molar-refractivity contribution in [3.05, 3.63) is 29.8 Å². The summed E-state index contributed by atoms with van der Waals surface area (Å²) in [6, 6.07) is 9.20. The number of amides is 1. The molecule has 138 valence electrons. The third-order valence-corrected chi connectivity index (χ3v) is 5.56. The molecule has 0 bridgehead atoms. The molecule has 3 rings (SSSR count). The number of nitrogens with zero attached hydrogens (tertiary/aromatic N) is 3. The molecule has 2 aliphatic heterocycles. The molecular formula is C20H32N4O. The number of piperidine rings is 1. The molecule has 2 fully saturated rings. The summed E-state index contributed by atoms with van der Waals surface area (Å²) in [4.78, 5) is 19.4. The number of benzene rings is 1. The van der Waals surface area contributed by atoms with Crippen LogP contribution in [0.5, 0.6) is 0 Å². The average molecular weight is 345 g/mol. The predicted molar refractivity (Wildman–Crippen MR) is 103 cm³/mol. The molecule has 0 aliphatic carbocycles. The maximum atomic E-state index is 12.5. The lowest BCUT2D eigenvalue weighted by Crippen LogP contribution is -2.49. The van der Waals surface area contributed by atoms with Gasteiger partial charge in [-0.2, -0.15) is 0 Å². The zero-order chi connectivity index (χ0) is 17.6. The number of likely N-dealkylation sites (N-methyl/N-ethyl adjacent to an activating group) is 1. The number of anilines is 1. The zero-order valence-electron chi connectivity index (χ0n) is 15.7. The lowest BCUT2D eigenvalue weighted by Gasteiger charge is -2.37. The number of hydrogen-bond acceptors (Lipinski definition) is 4. The number of carbonyl (C=O) groups excluding carboxylic acids is 1. The van der Waals surface area contributed by atoms with Crippen LogP contribution < -0.4 is 10.2 Å². The van der Waals surface area contributed by atoms with Gasteiger partial charge in [0, 0.05) is 64.0 Å². The zero-order valence-corrected chi connectivity index (χ0v) is 15.7. The van der Waals surface area contributed by atoms with Crippen molar-refractivity contribution in [3.8, 4) is 0 Å². The molecule has 1 N–H and O–H groups in total. The maximum absolute atomic E-state index is 12.5. The third kappa shape index (κ3) is 4.95. The monoisotopic (exact) mass is 344 g/mol. The van der Waals surface area contributed by atoms with E-state index in [4.69, 9.17) is 0 Å². The lowest BCUT2D eigenvalue weighted by molar-refractivity contribution is -0.132. The summed E-state index contributed by atoms with van der Waals surface area (Å²) in [7, 11) is 1.99. The molecular weight excluding hydrogens is 312 g/mol. The second-order valence-electron chi connectivity index (χ2n) is 7.39. The van der Waals surface area contributed by atoms with E-state index in [9.17, 15) is 4.79 Å². The molecule has 1 atom stereocenters. The molecule has 5 heteroatoms. The molecule has 1 aromatic carbocycles. The summed E-state index contributed by atoms with van der Waals surface area (Å²) in [5.74, 6) is 0.320. The fraction of sp³-hybridized carbons (Fsp3) is 0.650. The van der Waals surface area contributed by atoms with Gasteiger partial charge in [-0.1, -0.05) is 12.1 Å². The molecule has 1 amide bonds. The van der Waals surface area contributed by atoms with Gasteiger partial charge >= 0.3 is 0 Å². The fourth-order valence-electron chi connectivity index (χ4n) is 3.91. The van der Waals surface area contributed by atoms with Crippen LogP contribution in [0.1, 0.15) is 24.8 Å². The highest BCUT2D eigenvalue weighted by Gasteiger charge is 2.23. The second-order valence-corrected chi connectivity index (χ2v) is 7.39. The van der Waals surface area contributed by atoms with Crippen LogP contribution in [0.4, 0.5) is 5.69 Å². The van der Waals surface area contributed by atoms with E-state index in [2.05, 4.69) is 46.3 Å². The highest BCUT2D eigenvalue weighted by Crippen LogP contribution is 2.18. The van der Waals surface area contributed by atoms with Crippen molar-refractivity contribution in [1.82, 2.24) is 15.1 Å². The van der Waals surface area contributed by atoms with Crippen LogP contribution in [0, 0.1) is 6.92 Å². The molecule has 5 nitrogen and oxygen atoms in total. The average Bonchev–Trinajstić information content (AvgIpc) is 2.66. The number of carbonyl (C=O) groups is 1. The minimum Gasteiger partial charge on any atom is -0.369 e. The van der Waals surface area contributed by atoms with Gasteiger partial charge in [0.2, 0.25) is 5.91 Å². The Morgan fingerprint density at radius 2 is 2.00 bits per heavy atom. The molecule has 1 aromatic rings. The molecule has 2 heterocycles. The predicted octanol–water partition coefficient (Wildman–Crippen LogP) is 1.72. The van der Waals surface area contributed by atoms with E-state index in [0.717, 1.165) is 52.2 Å². The van der Waals surface area contributed by atoms with Gasteiger partial charge in [-0.05, 0) is 44.5 Å². The molecule has 2 aliphatic rings. The van der Waals surface area contributed by atoms with E-state index < -0.39 is 0 Å². The van der Waals surface area contributed by atoms with Gasteiger partial charge in [0.1, 0.15) is 0 Å². The van der Waals surface area contributed by atoms with Crippen molar-refractivity contribution in [3.63, 3.8) is 0 Å². The van der Waals surface area contributed by atoms with Gasteiger partial charge in [0.25, 0.3) is 0 Å². The minimum absolute atomic E-state index is 0.320. The van der Waals surface area contributed by atoms with E-state index in [1.165, 1.54) is 17.7 Å². The van der Waals surface area contributed by atoms with E-state index in [1.54, 1.807) is 0 Å². The summed E-state index contributed by atoms with van der Waals surface area (Å²) in [6.07, 6.45) is 2.95. The molecule has 25 heavy (non-hydrogen) atoms. The molecule has 1 unspecified atom stereocenters. The first-order valence-corrected chi connectivity index (χ1v) is 9.65. The summed E-state index contributed by atoms with van der Waals surface area (Å²) < 4.78 is 0. The van der Waals surface area contributed by atoms with Gasteiger partial charge in [0.05, 0.1) is 0 Å². The lowest BCUT2D eigenvalue weighted by atomic mass is 10.1. The van der Waals surface area contributed by atoms with Crippen LogP contribution in [-0.4, -0.2) is 74.6 Å². The van der Waals surface area contributed by atoms with Crippen molar-refractivity contribution >= 4 is 11.6 Å². The van der Waals surface area contributed by atoms with Crippen molar-refractivity contribution in [2.45, 2.75) is 32.2 Å². The van der Waals surface area contributed by atoms with E-state index in [-0.39, 0.29) is 0 Å². The van der Waals surface area contributed by atoms with E-state index in [0.29, 0.717) is 18.4 Å². The van der Waals surface area contributed by atoms with Crippen molar-refractivity contribution in [2.75, 3.05) is 57.8 Å². The summed E-state index contributed by atoms with van der Waals surface area (Å²) in [5.41, 5.74) is 2.63. The van der Waals surface area contributed by atoms with Crippen LogP contribution in [0.25, 0.3) is 0 Å². The molecule has 0 aromatic heterocycles. The summed E-state index contributed by atoms with van der Waals surface area (Å²) in [6.45, 7) is 9.01. The molecule has 2 saturated heterocycles. The van der Waals surface area contributed by atoms with Crippen LogP contribution in [0.15, 0.2) is 24.3 Å². The normalized spacial score (nSPS) is 22.2. The van der Waals surface area contributed by atoms with Crippen molar-refractivity contribution in [1.29, 1.82) is 0 Å². The van der Waals surface area contributed by atoms with Gasteiger partial charge < -0.3 is 15.1 Å². The van der Waals surface area contributed by atoms with Crippen molar-refractivity contribution < 1.29 is 4.79 Å². The van der Waals surface area contributed by atoms with E-state index in [1.807, 2.05) is 11.9 Å². The summed E-state index contributed by atoms with van der Waals surface area (Å²) >= 11 is 0. The van der Waals surface area contributed by atoms with Gasteiger partial charge in [-0.15, -0.1) is 0 Å². The van der Waals surface area contributed by atoms with Gasteiger partial charge in [0.15, 0.2) is 0 Å². The number of hydrogen-bond donors (Lipinski definition) is 1. The Morgan fingerprint density at radius 1 is 1.20 bits per heavy atom. The van der Waals surface area contributed by atoms with Crippen molar-refractivity contribution in [2.24, 2.45) is 0 Å². The summed E-state index contributed by atoms with van der Waals surface area (Å²) in [5, 5.41) is 3.31. The highest BCUT2D eigenvalue weighted by atomic mass is 16.2. The van der Waals surface area contributed by atoms with Crippen LogP contribution >= 0.6 is 0 Å². The highest BCUT2D eigenvalue weighted by molar-refractivity contribution is 5.76. The first-order valence-electron chi connectivity index (χ1n) is 9.65. The standard InChI is InChI=1S/C20H32N4O/c1-17-5-3-7-19(15-17)23-13-11-22(12-14-23)10-8-20(25)24-9-4-6-18(16-24)21-2/h3,5,7,15,18,21H,4,6,8-14,16H2,1-2H3. The Labute approximate surface area is 152 Å². The maximum Gasteiger partial charge on any atom is 0.223 e. The van der Waals surface area contributed by atoms with Crippen LogP contribution in [-0.2, 0) is 4.79 Å².